The zero-order chi connectivity index (χ0) is 10.7. The summed E-state index contributed by atoms with van der Waals surface area (Å²) in [5, 5.41) is 0.519. The highest BCUT2D eigenvalue weighted by Gasteiger charge is 2.11. The van der Waals surface area contributed by atoms with E-state index in [0.29, 0.717) is 15.8 Å². The lowest BCUT2D eigenvalue weighted by Gasteiger charge is -2.14. The van der Waals surface area contributed by atoms with Gasteiger partial charge in [-0.3, -0.25) is 0 Å². The van der Waals surface area contributed by atoms with Gasteiger partial charge < -0.3 is 0 Å². The summed E-state index contributed by atoms with van der Waals surface area (Å²) in [5.41, 5.74) is 1.01. The van der Waals surface area contributed by atoms with Crippen LogP contribution < -0.4 is 0 Å². The lowest BCUT2D eigenvalue weighted by atomic mass is 9.99. The van der Waals surface area contributed by atoms with E-state index < -0.39 is 0 Å². The molecule has 78 valence electrons. The second kappa shape index (κ2) is 5.13. The Bertz CT molecular complexity index is 312. The standard InChI is InChI=1S/C11H13BrClF/c1-7(8(2)12)5-9-3-4-10(14)6-11(9)13/h3-4,6-8H,5H2,1-2H3. The number of benzene rings is 1. The van der Waals surface area contributed by atoms with E-state index >= 15 is 0 Å². The van der Waals surface area contributed by atoms with E-state index in [-0.39, 0.29) is 5.82 Å². The van der Waals surface area contributed by atoms with Crippen molar-refractivity contribution in [2.75, 3.05) is 0 Å². The summed E-state index contributed by atoms with van der Waals surface area (Å²) in [5.74, 6) is 0.205. The molecule has 0 nitrogen and oxygen atoms in total. The number of hydrogen-bond acceptors (Lipinski definition) is 0. The van der Waals surface area contributed by atoms with Crippen LogP contribution in [0.15, 0.2) is 18.2 Å². The predicted molar refractivity (Wildman–Crippen MR) is 62.7 cm³/mol. The zero-order valence-electron chi connectivity index (χ0n) is 8.23. The third-order valence-electron chi connectivity index (χ3n) is 2.34. The zero-order valence-corrected chi connectivity index (χ0v) is 10.6. The summed E-state index contributed by atoms with van der Waals surface area (Å²) >= 11 is 9.44. The molecule has 1 aromatic carbocycles. The van der Waals surface area contributed by atoms with Crippen LogP contribution in [-0.4, -0.2) is 4.83 Å². The first kappa shape index (κ1) is 12.0. The first-order chi connectivity index (χ1) is 6.50. The molecule has 0 saturated heterocycles. The van der Waals surface area contributed by atoms with E-state index in [1.807, 2.05) is 0 Å². The minimum Gasteiger partial charge on any atom is -0.207 e. The second-order valence-electron chi connectivity index (χ2n) is 3.59. The summed E-state index contributed by atoms with van der Waals surface area (Å²) in [6.45, 7) is 4.24. The maximum Gasteiger partial charge on any atom is 0.124 e. The largest absolute Gasteiger partial charge is 0.207 e. The lowest BCUT2D eigenvalue weighted by molar-refractivity contribution is 0.578. The average Bonchev–Trinajstić information content (AvgIpc) is 2.09. The van der Waals surface area contributed by atoms with Crippen LogP contribution in [0.4, 0.5) is 4.39 Å². The van der Waals surface area contributed by atoms with Gasteiger partial charge in [-0.15, -0.1) is 0 Å². The molecule has 0 N–H and O–H groups in total. The van der Waals surface area contributed by atoms with Crippen LogP contribution in [0.3, 0.4) is 0 Å². The highest BCUT2D eigenvalue weighted by atomic mass is 79.9. The van der Waals surface area contributed by atoms with Crippen molar-refractivity contribution in [1.82, 2.24) is 0 Å². The molecule has 0 aliphatic rings. The van der Waals surface area contributed by atoms with Gasteiger partial charge in [0.1, 0.15) is 5.82 Å². The van der Waals surface area contributed by atoms with Gasteiger partial charge in [0, 0.05) is 9.85 Å². The molecular weight excluding hydrogens is 266 g/mol. The minimum atomic E-state index is -0.279. The Hall–Kier alpha value is -0.0800. The number of alkyl halides is 1. The molecule has 0 amide bonds. The Kier molecular flexibility index (Phi) is 4.39. The van der Waals surface area contributed by atoms with Crippen molar-refractivity contribution in [2.24, 2.45) is 5.92 Å². The van der Waals surface area contributed by atoms with Gasteiger partial charge in [-0.05, 0) is 30.0 Å². The first-order valence-corrected chi connectivity index (χ1v) is 5.88. The van der Waals surface area contributed by atoms with Crippen LogP contribution in [0, 0.1) is 11.7 Å². The van der Waals surface area contributed by atoms with Crippen LogP contribution in [-0.2, 0) is 6.42 Å². The molecule has 1 rings (SSSR count). The van der Waals surface area contributed by atoms with Gasteiger partial charge in [-0.2, -0.15) is 0 Å². The molecule has 0 heterocycles. The molecule has 14 heavy (non-hydrogen) atoms. The van der Waals surface area contributed by atoms with Gasteiger partial charge in [0.25, 0.3) is 0 Å². The minimum absolute atomic E-state index is 0.279. The van der Waals surface area contributed by atoms with Crippen LogP contribution in [0.5, 0.6) is 0 Å². The van der Waals surface area contributed by atoms with E-state index in [2.05, 4.69) is 29.8 Å². The van der Waals surface area contributed by atoms with Crippen molar-refractivity contribution in [3.63, 3.8) is 0 Å². The van der Waals surface area contributed by atoms with Crippen LogP contribution in [0.2, 0.25) is 5.02 Å². The fraction of sp³-hybridized carbons (Fsp3) is 0.455. The smallest absolute Gasteiger partial charge is 0.124 e. The summed E-state index contributed by atoms with van der Waals surface area (Å²) < 4.78 is 12.7. The van der Waals surface area contributed by atoms with E-state index in [1.54, 1.807) is 6.07 Å². The van der Waals surface area contributed by atoms with Gasteiger partial charge in [0.15, 0.2) is 0 Å². The van der Waals surface area contributed by atoms with Gasteiger partial charge >= 0.3 is 0 Å². The van der Waals surface area contributed by atoms with Crippen LogP contribution in [0.1, 0.15) is 19.4 Å². The van der Waals surface area contributed by atoms with Crippen molar-refractivity contribution >= 4 is 27.5 Å². The Morgan fingerprint density at radius 2 is 2.07 bits per heavy atom. The van der Waals surface area contributed by atoms with E-state index in [0.717, 1.165) is 12.0 Å². The monoisotopic (exact) mass is 278 g/mol. The molecule has 0 aliphatic carbocycles. The van der Waals surface area contributed by atoms with E-state index in [1.165, 1.54) is 12.1 Å². The highest BCUT2D eigenvalue weighted by molar-refractivity contribution is 9.09. The summed E-state index contributed by atoms with van der Waals surface area (Å²) in [4.78, 5) is 0.434. The number of hydrogen-bond donors (Lipinski definition) is 0. The topological polar surface area (TPSA) is 0 Å². The number of rotatable bonds is 3. The van der Waals surface area contributed by atoms with Crippen molar-refractivity contribution in [2.45, 2.75) is 25.1 Å². The molecule has 0 fully saturated rings. The quantitative estimate of drug-likeness (QED) is 0.718. The Labute approximate surface area is 97.6 Å². The average molecular weight is 280 g/mol. The van der Waals surface area contributed by atoms with Crippen molar-refractivity contribution < 1.29 is 4.39 Å². The van der Waals surface area contributed by atoms with Crippen LogP contribution >= 0.6 is 27.5 Å². The van der Waals surface area contributed by atoms with E-state index in [9.17, 15) is 4.39 Å². The van der Waals surface area contributed by atoms with Crippen molar-refractivity contribution in [3.8, 4) is 0 Å². The number of halogens is 3. The Morgan fingerprint density at radius 1 is 1.43 bits per heavy atom. The van der Waals surface area contributed by atoms with Crippen molar-refractivity contribution in [1.29, 1.82) is 0 Å². The highest BCUT2D eigenvalue weighted by Crippen LogP contribution is 2.23. The molecule has 0 aromatic heterocycles. The summed E-state index contributed by atoms with van der Waals surface area (Å²) in [7, 11) is 0. The SMILES string of the molecule is CC(Br)C(C)Cc1ccc(F)cc1Cl. The fourth-order valence-corrected chi connectivity index (χ4v) is 1.63. The Morgan fingerprint density at radius 3 is 2.57 bits per heavy atom. The first-order valence-electron chi connectivity index (χ1n) is 4.58. The molecule has 0 aliphatic heterocycles. The summed E-state index contributed by atoms with van der Waals surface area (Å²) in [6.07, 6.45) is 0.867. The van der Waals surface area contributed by atoms with Crippen molar-refractivity contribution in [3.05, 3.63) is 34.6 Å². The van der Waals surface area contributed by atoms with Gasteiger partial charge in [0.2, 0.25) is 0 Å². The molecule has 1 aromatic rings. The summed E-state index contributed by atoms with van der Waals surface area (Å²) in [6, 6.07) is 4.57. The third kappa shape index (κ3) is 3.25. The van der Waals surface area contributed by atoms with Gasteiger partial charge in [-0.1, -0.05) is 47.4 Å². The maximum atomic E-state index is 12.7. The second-order valence-corrected chi connectivity index (χ2v) is 5.45. The molecule has 2 unspecified atom stereocenters. The molecular formula is C11H13BrClF. The third-order valence-corrected chi connectivity index (χ3v) is 3.60. The molecule has 0 bridgehead atoms. The molecule has 0 radical (unpaired) electrons. The molecule has 3 heteroatoms. The molecule has 2 atom stereocenters. The lowest BCUT2D eigenvalue weighted by Crippen LogP contribution is -2.09. The van der Waals surface area contributed by atoms with Crippen LogP contribution in [0.25, 0.3) is 0 Å². The molecule has 0 spiro atoms. The predicted octanol–water partition coefficient (Wildman–Crippen LogP) is 4.44. The normalized spacial score (nSPS) is 15.2. The van der Waals surface area contributed by atoms with E-state index in [4.69, 9.17) is 11.6 Å². The Balaban J connectivity index is 2.77. The molecule has 0 saturated carbocycles. The van der Waals surface area contributed by atoms with Gasteiger partial charge in [0.05, 0.1) is 0 Å². The fourth-order valence-electron chi connectivity index (χ4n) is 1.20. The van der Waals surface area contributed by atoms with Gasteiger partial charge in [-0.25, -0.2) is 4.39 Å². The maximum absolute atomic E-state index is 12.7.